The second-order valence-electron chi connectivity index (χ2n) is 5.05. The minimum Gasteiger partial charge on any atom is -0.349 e. The quantitative estimate of drug-likeness (QED) is 0.800. The molecule has 0 heterocycles. The summed E-state index contributed by atoms with van der Waals surface area (Å²) in [6, 6.07) is 20.2. The molecule has 2 rings (SSSR count). The minimum atomic E-state index is -0.0402. The molecular weight excluding hydrogens is 258 g/mol. The first-order valence-electron chi connectivity index (χ1n) is 7.35. The van der Waals surface area contributed by atoms with E-state index in [0.717, 1.165) is 18.4 Å². The lowest BCUT2D eigenvalue weighted by Gasteiger charge is -2.15. The van der Waals surface area contributed by atoms with Gasteiger partial charge in [0.25, 0.3) is 0 Å². The average Bonchev–Trinajstić information content (AvgIpc) is 2.54. The first-order valence-corrected chi connectivity index (χ1v) is 7.35. The maximum atomic E-state index is 12.0. The van der Waals surface area contributed by atoms with Crippen molar-refractivity contribution < 1.29 is 4.79 Å². The van der Waals surface area contributed by atoms with Crippen LogP contribution >= 0.6 is 0 Å². The molecule has 0 spiro atoms. The Morgan fingerprint density at radius 2 is 1.67 bits per heavy atom. The van der Waals surface area contributed by atoms with E-state index in [1.165, 1.54) is 5.56 Å². The molecule has 0 aliphatic rings. The van der Waals surface area contributed by atoms with Crippen molar-refractivity contribution in [3.05, 3.63) is 77.9 Å². The number of hydrogen-bond acceptors (Lipinski definition) is 1. The van der Waals surface area contributed by atoms with Gasteiger partial charge in [-0.15, -0.1) is 0 Å². The average molecular weight is 279 g/mol. The summed E-state index contributed by atoms with van der Waals surface area (Å²) in [7, 11) is 0. The van der Waals surface area contributed by atoms with Gasteiger partial charge in [0, 0.05) is 12.1 Å². The van der Waals surface area contributed by atoms with Crippen molar-refractivity contribution in [1.29, 1.82) is 0 Å². The number of rotatable bonds is 6. The third kappa shape index (κ3) is 5.27. The lowest BCUT2D eigenvalue weighted by molar-refractivity contribution is -0.117. The summed E-state index contributed by atoms with van der Waals surface area (Å²) < 4.78 is 0. The first-order chi connectivity index (χ1) is 10.3. The molecule has 0 bridgehead atoms. The first kappa shape index (κ1) is 15.0. The van der Waals surface area contributed by atoms with Crippen LogP contribution in [0.25, 0.3) is 6.08 Å². The second kappa shape index (κ2) is 8.05. The molecule has 0 aliphatic carbocycles. The van der Waals surface area contributed by atoms with Crippen molar-refractivity contribution in [2.75, 3.05) is 0 Å². The summed E-state index contributed by atoms with van der Waals surface area (Å²) in [4.78, 5) is 12.0. The van der Waals surface area contributed by atoms with Crippen LogP contribution in [0, 0.1) is 0 Å². The van der Waals surface area contributed by atoms with Crippen LogP contribution in [-0.4, -0.2) is 11.9 Å². The molecule has 1 atom stereocenters. The van der Waals surface area contributed by atoms with Gasteiger partial charge < -0.3 is 5.32 Å². The Hall–Kier alpha value is -2.35. The van der Waals surface area contributed by atoms with Crippen LogP contribution in [0.15, 0.2) is 66.7 Å². The topological polar surface area (TPSA) is 29.1 Å². The summed E-state index contributed by atoms with van der Waals surface area (Å²) in [6.07, 6.45) is 5.22. The number of hydrogen-bond donors (Lipinski definition) is 1. The van der Waals surface area contributed by atoms with Crippen molar-refractivity contribution in [3.63, 3.8) is 0 Å². The fraction of sp³-hybridized carbons (Fsp3) is 0.211. The summed E-state index contributed by atoms with van der Waals surface area (Å²) in [5.41, 5.74) is 2.28. The fourth-order valence-corrected chi connectivity index (χ4v) is 2.18. The van der Waals surface area contributed by atoms with Crippen LogP contribution < -0.4 is 5.32 Å². The molecule has 2 heteroatoms. The van der Waals surface area contributed by atoms with Crippen molar-refractivity contribution in [1.82, 2.24) is 5.32 Å². The van der Waals surface area contributed by atoms with E-state index in [4.69, 9.17) is 0 Å². The molecule has 1 unspecified atom stereocenters. The fourth-order valence-electron chi connectivity index (χ4n) is 2.18. The molecule has 0 saturated heterocycles. The molecule has 2 aromatic rings. The van der Waals surface area contributed by atoms with Gasteiger partial charge in [0.05, 0.1) is 0 Å². The molecule has 21 heavy (non-hydrogen) atoms. The Bertz CT molecular complexity index is 575. The van der Waals surface area contributed by atoms with E-state index >= 15 is 0 Å². The maximum Gasteiger partial charge on any atom is 0.244 e. The lowest BCUT2D eigenvalue weighted by Crippen LogP contribution is -2.34. The van der Waals surface area contributed by atoms with Gasteiger partial charge in [-0.2, -0.15) is 0 Å². The number of nitrogens with one attached hydrogen (secondary N) is 1. The molecule has 0 fully saturated rings. The lowest BCUT2D eigenvalue weighted by atomic mass is 10.0. The molecule has 2 aromatic carbocycles. The molecule has 2 nitrogen and oxygen atoms in total. The standard InChI is InChI=1S/C19H21NO/c1-2-18(15-17-11-7-4-8-12-17)20-19(21)14-13-16-9-5-3-6-10-16/h3-14,18H,2,15H2,1H3,(H,20,21). The molecular formula is C19H21NO. The third-order valence-electron chi connectivity index (χ3n) is 3.39. The summed E-state index contributed by atoms with van der Waals surface area (Å²) in [5.74, 6) is -0.0402. The van der Waals surface area contributed by atoms with Crippen LogP contribution in [0.2, 0.25) is 0 Å². The zero-order chi connectivity index (χ0) is 14.9. The Balaban J connectivity index is 1.89. The van der Waals surface area contributed by atoms with Gasteiger partial charge in [0.1, 0.15) is 0 Å². The number of benzene rings is 2. The van der Waals surface area contributed by atoms with Gasteiger partial charge >= 0.3 is 0 Å². The molecule has 1 amide bonds. The van der Waals surface area contributed by atoms with Gasteiger partial charge in [-0.3, -0.25) is 4.79 Å². The van der Waals surface area contributed by atoms with Crippen LogP contribution in [0.4, 0.5) is 0 Å². The Labute approximate surface area is 126 Å². The zero-order valence-corrected chi connectivity index (χ0v) is 12.3. The van der Waals surface area contributed by atoms with Crippen LogP contribution in [0.3, 0.4) is 0 Å². The van der Waals surface area contributed by atoms with Crippen molar-refractivity contribution in [2.24, 2.45) is 0 Å². The number of carbonyl (C=O) groups excluding carboxylic acids is 1. The van der Waals surface area contributed by atoms with E-state index < -0.39 is 0 Å². The van der Waals surface area contributed by atoms with E-state index in [9.17, 15) is 4.79 Å². The Kier molecular flexibility index (Phi) is 5.77. The van der Waals surface area contributed by atoms with E-state index in [2.05, 4.69) is 24.4 Å². The predicted octanol–water partition coefficient (Wildman–Crippen LogP) is 3.84. The smallest absolute Gasteiger partial charge is 0.244 e. The van der Waals surface area contributed by atoms with Gasteiger partial charge in [-0.05, 0) is 30.0 Å². The molecule has 0 saturated carbocycles. The van der Waals surface area contributed by atoms with E-state index in [1.54, 1.807) is 6.08 Å². The summed E-state index contributed by atoms with van der Waals surface area (Å²) in [5, 5.41) is 3.06. The van der Waals surface area contributed by atoms with Crippen LogP contribution in [0.1, 0.15) is 24.5 Å². The Morgan fingerprint density at radius 1 is 1.05 bits per heavy atom. The van der Waals surface area contributed by atoms with Crippen LogP contribution in [0.5, 0.6) is 0 Å². The van der Waals surface area contributed by atoms with Crippen LogP contribution in [-0.2, 0) is 11.2 Å². The van der Waals surface area contributed by atoms with Gasteiger partial charge in [0.2, 0.25) is 5.91 Å². The molecule has 0 aromatic heterocycles. The zero-order valence-electron chi connectivity index (χ0n) is 12.3. The van der Waals surface area contributed by atoms with E-state index in [1.807, 2.05) is 54.6 Å². The summed E-state index contributed by atoms with van der Waals surface area (Å²) >= 11 is 0. The molecule has 1 N–H and O–H groups in total. The third-order valence-corrected chi connectivity index (χ3v) is 3.39. The minimum absolute atomic E-state index is 0.0402. The highest BCUT2D eigenvalue weighted by atomic mass is 16.1. The van der Waals surface area contributed by atoms with Gasteiger partial charge in [-0.25, -0.2) is 0 Å². The molecule has 0 aliphatic heterocycles. The van der Waals surface area contributed by atoms with Crippen molar-refractivity contribution in [2.45, 2.75) is 25.8 Å². The second-order valence-corrected chi connectivity index (χ2v) is 5.05. The largest absolute Gasteiger partial charge is 0.349 e. The summed E-state index contributed by atoms with van der Waals surface area (Å²) in [6.45, 7) is 2.09. The number of carbonyl (C=O) groups is 1. The number of amides is 1. The predicted molar refractivity (Wildman–Crippen MR) is 87.8 cm³/mol. The van der Waals surface area contributed by atoms with Crippen molar-refractivity contribution >= 4 is 12.0 Å². The SMILES string of the molecule is CCC(Cc1ccccc1)NC(=O)C=Cc1ccccc1. The van der Waals surface area contributed by atoms with E-state index in [0.29, 0.717) is 0 Å². The Morgan fingerprint density at radius 3 is 2.29 bits per heavy atom. The molecule has 0 radical (unpaired) electrons. The monoisotopic (exact) mass is 279 g/mol. The van der Waals surface area contributed by atoms with Gasteiger partial charge in [-0.1, -0.05) is 67.6 Å². The highest BCUT2D eigenvalue weighted by molar-refractivity contribution is 5.91. The van der Waals surface area contributed by atoms with Gasteiger partial charge in [0.15, 0.2) is 0 Å². The van der Waals surface area contributed by atoms with E-state index in [-0.39, 0.29) is 11.9 Å². The molecule has 108 valence electrons. The highest BCUT2D eigenvalue weighted by Crippen LogP contribution is 2.06. The maximum absolute atomic E-state index is 12.0. The highest BCUT2D eigenvalue weighted by Gasteiger charge is 2.09. The normalized spacial score (nSPS) is 12.2. The van der Waals surface area contributed by atoms with Crippen molar-refractivity contribution in [3.8, 4) is 0 Å².